The summed E-state index contributed by atoms with van der Waals surface area (Å²) in [5, 5.41) is 3.06. The smallest absolute Gasteiger partial charge is 0.220 e. The van der Waals surface area contributed by atoms with Crippen molar-refractivity contribution in [3.8, 4) is 5.75 Å². The third-order valence-corrected chi connectivity index (χ3v) is 6.24. The van der Waals surface area contributed by atoms with Crippen LogP contribution in [0.15, 0.2) is 48.5 Å². The van der Waals surface area contributed by atoms with Crippen molar-refractivity contribution in [2.24, 2.45) is 0 Å². The molecule has 1 fully saturated rings. The van der Waals surface area contributed by atoms with Crippen LogP contribution >= 0.6 is 0 Å². The van der Waals surface area contributed by atoms with Crippen LogP contribution in [0.3, 0.4) is 0 Å². The van der Waals surface area contributed by atoms with E-state index in [2.05, 4.69) is 72.3 Å². The van der Waals surface area contributed by atoms with Gasteiger partial charge in [-0.15, -0.1) is 0 Å². The van der Waals surface area contributed by atoms with Crippen molar-refractivity contribution < 1.29 is 9.53 Å². The predicted octanol–water partition coefficient (Wildman–Crippen LogP) is 4.60. The molecule has 1 aliphatic heterocycles. The quantitative estimate of drug-likeness (QED) is 0.582. The lowest BCUT2D eigenvalue weighted by atomic mass is 9.87. The maximum Gasteiger partial charge on any atom is 0.220 e. The van der Waals surface area contributed by atoms with Crippen molar-refractivity contribution in [2.75, 3.05) is 44.7 Å². The van der Waals surface area contributed by atoms with Gasteiger partial charge in [0.2, 0.25) is 5.91 Å². The summed E-state index contributed by atoms with van der Waals surface area (Å²) in [6, 6.07) is 16.8. The molecule has 0 aliphatic carbocycles. The lowest BCUT2D eigenvalue weighted by molar-refractivity contribution is -0.121. The van der Waals surface area contributed by atoms with E-state index in [1.54, 1.807) is 7.11 Å². The van der Waals surface area contributed by atoms with Crippen LogP contribution in [0.1, 0.15) is 51.2 Å². The molecule has 0 saturated carbocycles. The SMILES string of the molecule is COc1ccccc1N1CCN(CCCCC(=O)NCc2ccc(C(C)(C)C)cc2)CC1. The Bertz CT molecular complexity index is 850. The van der Waals surface area contributed by atoms with Gasteiger partial charge in [-0.25, -0.2) is 0 Å². The minimum Gasteiger partial charge on any atom is -0.495 e. The van der Waals surface area contributed by atoms with E-state index in [-0.39, 0.29) is 11.3 Å². The summed E-state index contributed by atoms with van der Waals surface area (Å²) in [5.41, 5.74) is 3.80. The first-order chi connectivity index (χ1) is 15.4. The van der Waals surface area contributed by atoms with Crippen molar-refractivity contribution in [3.63, 3.8) is 0 Å². The summed E-state index contributed by atoms with van der Waals surface area (Å²) in [5.74, 6) is 1.09. The topological polar surface area (TPSA) is 44.8 Å². The Hall–Kier alpha value is -2.53. The number of hydrogen-bond donors (Lipinski definition) is 1. The second-order valence-electron chi connectivity index (χ2n) is 9.68. The molecule has 5 heteroatoms. The summed E-state index contributed by atoms with van der Waals surface area (Å²) in [4.78, 5) is 17.1. The molecule has 0 bridgehead atoms. The number of rotatable bonds is 9. The van der Waals surface area contributed by atoms with Crippen LogP contribution in [0.5, 0.6) is 5.75 Å². The Kier molecular flexibility index (Phi) is 8.57. The van der Waals surface area contributed by atoms with Gasteiger partial charge in [0.15, 0.2) is 0 Å². The second kappa shape index (κ2) is 11.4. The number of ether oxygens (including phenoxy) is 1. The van der Waals surface area contributed by atoms with Crippen LogP contribution in [0.25, 0.3) is 0 Å². The number of carbonyl (C=O) groups is 1. The molecule has 174 valence electrons. The molecule has 5 nitrogen and oxygen atoms in total. The fourth-order valence-electron chi connectivity index (χ4n) is 4.14. The number of para-hydroxylation sites is 2. The zero-order valence-electron chi connectivity index (χ0n) is 20.2. The first-order valence-electron chi connectivity index (χ1n) is 11.8. The van der Waals surface area contributed by atoms with Crippen molar-refractivity contribution in [1.82, 2.24) is 10.2 Å². The lowest BCUT2D eigenvalue weighted by Gasteiger charge is -2.36. The molecular formula is C27H39N3O2. The Balaban J connectivity index is 1.30. The Morgan fingerprint density at radius 3 is 2.31 bits per heavy atom. The fourth-order valence-corrected chi connectivity index (χ4v) is 4.14. The van der Waals surface area contributed by atoms with E-state index in [1.165, 1.54) is 11.3 Å². The van der Waals surface area contributed by atoms with Crippen molar-refractivity contribution in [2.45, 2.75) is 52.0 Å². The average Bonchev–Trinajstić information content (AvgIpc) is 2.80. The minimum absolute atomic E-state index is 0.144. The van der Waals surface area contributed by atoms with Crippen LogP contribution in [-0.4, -0.2) is 50.6 Å². The van der Waals surface area contributed by atoms with Gasteiger partial charge in [0.25, 0.3) is 0 Å². The molecule has 1 amide bonds. The molecule has 0 spiro atoms. The van der Waals surface area contributed by atoms with Gasteiger partial charge >= 0.3 is 0 Å². The highest BCUT2D eigenvalue weighted by molar-refractivity contribution is 5.75. The fraction of sp³-hybridized carbons (Fsp3) is 0.519. The lowest BCUT2D eigenvalue weighted by Crippen LogP contribution is -2.46. The molecule has 1 aliphatic rings. The number of hydrogen-bond acceptors (Lipinski definition) is 4. The Labute approximate surface area is 193 Å². The Morgan fingerprint density at radius 2 is 1.66 bits per heavy atom. The summed E-state index contributed by atoms with van der Waals surface area (Å²) in [6.07, 6.45) is 2.59. The molecule has 1 heterocycles. The van der Waals surface area contributed by atoms with E-state index in [0.29, 0.717) is 13.0 Å². The molecule has 32 heavy (non-hydrogen) atoms. The largest absolute Gasteiger partial charge is 0.495 e. The molecular weight excluding hydrogens is 398 g/mol. The normalized spacial score (nSPS) is 14.9. The van der Waals surface area contributed by atoms with E-state index in [1.807, 2.05) is 12.1 Å². The number of nitrogens with zero attached hydrogens (tertiary/aromatic N) is 2. The van der Waals surface area contributed by atoms with Gasteiger partial charge in [-0.2, -0.15) is 0 Å². The van der Waals surface area contributed by atoms with Crippen molar-refractivity contribution in [3.05, 3.63) is 59.7 Å². The molecule has 0 unspecified atom stereocenters. The highest BCUT2D eigenvalue weighted by Crippen LogP contribution is 2.28. The number of nitrogens with one attached hydrogen (secondary N) is 1. The third-order valence-electron chi connectivity index (χ3n) is 6.24. The number of anilines is 1. The molecule has 1 N–H and O–H groups in total. The molecule has 2 aromatic rings. The van der Waals surface area contributed by atoms with Crippen LogP contribution in [-0.2, 0) is 16.8 Å². The van der Waals surface area contributed by atoms with Crippen LogP contribution in [0.4, 0.5) is 5.69 Å². The third kappa shape index (κ3) is 6.99. The highest BCUT2D eigenvalue weighted by Gasteiger charge is 2.19. The summed E-state index contributed by atoms with van der Waals surface area (Å²) in [7, 11) is 1.73. The van der Waals surface area contributed by atoms with E-state index >= 15 is 0 Å². The molecule has 0 radical (unpaired) electrons. The standard InChI is InChI=1S/C27H39N3O2/c1-27(2,3)23-14-12-22(13-15-23)21-28-26(31)11-7-8-16-29-17-19-30(20-18-29)24-9-5-6-10-25(24)32-4/h5-6,9-10,12-15H,7-8,11,16-21H2,1-4H3,(H,28,31). The van der Waals surface area contributed by atoms with E-state index in [9.17, 15) is 4.79 Å². The van der Waals surface area contributed by atoms with Gasteiger partial charge in [0, 0.05) is 39.1 Å². The molecule has 2 aromatic carbocycles. The van der Waals surface area contributed by atoms with Crippen LogP contribution < -0.4 is 15.0 Å². The maximum absolute atomic E-state index is 12.2. The number of benzene rings is 2. The zero-order valence-corrected chi connectivity index (χ0v) is 20.2. The van der Waals surface area contributed by atoms with E-state index < -0.39 is 0 Å². The molecule has 3 rings (SSSR count). The first kappa shape index (κ1) is 24.1. The summed E-state index contributed by atoms with van der Waals surface area (Å²) < 4.78 is 5.50. The predicted molar refractivity (Wildman–Crippen MR) is 132 cm³/mol. The van der Waals surface area contributed by atoms with E-state index in [4.69, 9.17) is 4.74 Å². The van der Waals surface area contributed by atoms with Gasteiger partial charge in [-0.05, 0) is 48.1 Å². The van der Waals surface area contributed by atoms with Crippen LogP contribution in [0, 0.1) is 0 Å². The second-order valence-corrected chi connectivity index (χ2v) is 9.68. The number of unbranched alkanes of at least 4 members (excludes halogenated alkanes) is 1. The van der Waals surface area contributed by atoms with Gasteiger partial charge in [0.05, 0.1) is 12.8 Å². The van der Waals surface area contributed by atoms with Gasteiger partial charge in [-0.3, -0.25) is 9.69 Å². The highest BCUT2D eigenvalue weighted by atomic mass is 16.5. The average molecular weight is 438 g/mol. The van der Waals surface area contributed by atoms with Crippen molar-refractivity contribution >= 4 is 11.6 Å². The molecule has 1 saturated heterocycles. The van der Waals surface area contributed by atoms with Gasteiger partial charge in [-0.1, -0.05) is 57.2 Å². The number of carbonyl (C=O) groups excluding carboxylic acids is 1. The minimum atomic E-state index is 0.144. The molecule has 0 atom stereocenters. The summed E-state index contributed by atoms with van der Waals surface area (Å²) in [6.45, 7) is 12.4. The van der Waals surface area contributed by atoms with Crippen LogP contribution in [0.2, 0.25) is 0 Å². The van der Waals surface area contributed by atoms with Gasteiger partial charge < -0.3 is 15.0 Å². The number of methoxy groups -OCH3 is 1. The number of piperazine rings is 1. The van der Waals surface area contributed by atoms with Gasteiger partial charge in [0.1, 0.15) is 5.75 Å². The van der Waals surface area contributed by atoms with Crippen molar-refractivity contribution in [1.29, 1.82) is 0 Å². The molecule has 0 aromatic heterocycles. The number of amides is 1. The first-order valence-corrected chi connectivity index (χ1v) is 11.8. The maximum atomic E-state index is 12.2. The Morgan fingerprint density at radius 1 is 0.969 bits per heavy atom. The zero-order chi connectivity index (χ0) is 23.0. The monoisotopic (exact) mass is 437 g/mol. The van der Waals surface area contributed by atoms with E-state index in [0.717, 1.165) is 56.9 Å². The summed E-state index contributed by atoms with van der Waals surface area (Å²) >= 11 is 0.